The first-order valence-corrected chi connectivity index (χ1v) is 5.63. The number of aromatic hydroxyl groups is 1. The molecule has 0 aliphatic carbocycles. The number of aryl methyl sites for hydroxylation is 2. The third-order valence-electron chi connectivity index (χ3n) is 2.62. The fraction of sp³-hybridized carbons (Fsp3) is 0.231. The molecule has 2 aromatic rings. The second-order valence-corrected chi connectivity index (χ2v) is 4.14. The zero-order chi connectivity index (χ0) is 13.1. The molecule has 94 valence electrons. The van der Waals surface area contributed by atoms with Gasteiger partial charge in [0, 0.05) is 13.6 Å². The molecule has 0 atom stereocenters. The van der Waals surface area contributed by atoms with Crippen LogP contribution in [0.15, 0.2) is 30.3 Å². The molecule has 0 saturated carbocycles. The fourth-order valence-corrected chi connectivity index (χ4v) is 1.71. The first kappa shape index (κ1) is 12.2. The van der Waals surface area contributed by atoms with Crippen LogP contribution in [-0.4, -0.2) is 20.8 Å². The Labute approximate surface area is 105 Å². The van der Waals surface area contributed by atoms with Crippen molar-refractivity contribution in [3.8, 4) is 5.75 Å². The quantitative estimate of drug-likeness (QED) is 0.858. The van der Waals surface area contributed by atoms with Gasteiger partial charge in [-0.25, -0.2) is 0 Å². The molecule has 1 amide bonds. The second-order valence-electron chi connectivity index (χ2n) is 4.14. The summed E-state index contributed by atoms with van der Waals surface area (Å²) in [5.74, 6) is 0.0542. The molecule has 0 unspecified atom stereocenters. The van der Waals surface area contributed by atoms with Gasteiger partial charge in [-0.2, -0.15) is 5.10 Å². The molecule has 0 spiro atoms. The molecule has 1 heterocycles. The number of hydrogen-bond acceptors (Lipinski definition) is 3. The van der Waals surface area contributed by atoms with Gasteiger partial charge in [0.15, 0.2) is 0 Å². The van der Waals surface area contributed by atoms with Crippen LogP contribution in [0.4, 0.5) is 0 Å². The van der Waals surface area contributed by atoms with Gasteiger partial charge in [-0.3, -0.25) is 9.48 Å². The van der Waals surface area contributed by atoms with Gasteiger partial charge in [-0.05, 0) is 30.7 Å². The summed E-state index contributed by atoms with van der Waals surface area (Å²) in [6, 6.07) is 8.46. The normalized spacial score (nSPS) is 10.3. The molecule has 1 aromatic carbocycles. The lowest BCUT2D eigenvalue weighted by atomic mass is 10.2. The minimum atomic E-state index is -0.161. The van der Waals surface area contributed by atoms with E-state index in [2.05, 4.69) is 10.4 Å². The van der Waals surface area contributed by atoms with Gasteiger partial charge in [0.25, 0.3) is 5.91 Å². The number of carbonyl (C=O) groups is 1. The number of aromatic nitrogens is 2. The SMILES string of the molecule is Cc1cc(C(=O)NCc2ccc(O)cc2)n(C)n1. The van der Waals surface area contributed by atoms with Gasteiger partial charge in [-0.15, -0.1) is 0 Å². The molecule has 0 radical (unpaired) electrons. The van der Waals surface area contributed by atoms with E-state index in [4.69, 9.17) is 5.11 Å². The van der Waals surface area contributed by atoms with Crippen molar-refractivity contribution in [3.05, 3.63) is 47.3 Å². The van der Waals surface area contributed by atoms with Gasteiger partial charge in [-0.1, -0.05) is 12.1 Å². The van der Waals surface area contributed by atoms with Gasteiger partial charge < -0.3 is 10.4 Å². The topological polar surface area (TPSA) is 67.2 Å². The Hall–Kier alpha value is -2.30. The van der Waals surface area contributed by atoms with Crippen molar-refractivity contribution in [2.75, 3.05) is 0 Å². The molecule has 1 aromatic heterocycles. The molecular weight excluding hydrogens is 230 g/mol. The van der Waals surface area contributed by atoms with E-state index in [-0.39, 0.29) is 11.7 Å². The van der Waals surface area contributed by atoms with Crippen molar-refractivity contribution < 1.29 is 9.90 Å². The summed E-state index contributed by atoms with van der Waals surface area (Å²) in [5, 5.41) is 16.1. The number of amides is 1. The molecular formula is C13H15N3O2. The summed E-state index contributed by atoms with van der Waals surface area (Å²) in [4.78, 5) is 11.9. The highest BCUT2D eigenvalue weighted by Gasteiger charge is 2.10. The first-order valence-electron chi connectivity index (χ1n) is 5.63. The lowest BCUT2D eigenvalue weighted by molar-refractivity contribution is 0.0941. The lowest BCUT2D eigenvalue weighted by Crippen LogP contribution is -2.25. The summed E-state index contributed by atoms with van der Waals surface area (Å²) in [6.07, 6.45) is 0. The smallest absolute Gasteiger partial charge is 0.269 e. The van der Waals surface area contributed by atoms with E-state index in [1.54, 1.807) is 42.1 Å². The van der Waals surface area contributed by atoms with E-state index in [0.29, 0.717) is 12.2 Å². The third kappa shape index (κ3) is 2.68. The van der Waals surface area contributed by atoms with Crippen LogP contribution in [0.5, 0.6) is 5.75 Å². The highest BCUT2D eigenvalue weighted by Crippen LogP contribution is 2.09. The van der Waals surface area contributed by atoms with Gasteiger partial charge in [0.1, 0.15) is 11.4 Å². The molecule has 5 nitrogen and oxygen atoms in total. The average Bonchev–Trinajstić information content (AvgIpc) is 2.67. The predicted octanol–water partition coefficient (Wildman–Crippen LogP) is 1.36. The molecule has 18 heavy (non-hydrogen) atoms. The summed E-state index contributed by atoms with van der Waals surface area (Å²) < 4.78 is 1.56. The van der Waals surface area contributed by atoms with Gasteiger partial charge in [0.2, 0.25) is 0 Å². The van der Waals surface area contributed by atoms with Crippen molar-refractivity contribution in [3.63, 3.8) is 0 Å². The summed E-state index contributed by atoms with van der Waals surface area (Å²) in [5.41, 5.74) is 2.28. The Morgan fingerprint density at radius 1 is 1.39 bits per heavy atom. The number of nitrogens with zero attached hydrogens (tertiary/aromatic N) is 2. The number of phenols is 1. The maximum atomic E-state index is 11.9. The molecule has 0 bridgehead atoms. The Balaban J connectivity index is 2.00. The van der Waals surface area contributed by atoms with Crippen LogP contribution in [0.2, 0.25) is 0 Å². The zero-order valence-corrected chi connectivity index (χ0v) is 10.3. The number of benzene rings is 1. The Morgan fingerprint density at radius 3 is 2.61 bits per heavy atom. The van der Waals surface area contributed by atoms with Gasteiger partial charge in [0.05, 0.1) is 5.69 Å². The predicted molar refractivity (Wildman–Crippen MR) is 67.2 cm³/mol. The van der Waals surface area contributed by atoms with E-state index in [9.17, 15) is 4.79 Å². The molecule has 0 aliphatic rings. The van der Waals surface area contributed by atoms with Crippen molar-refractivity contribution in [1.29, 1.82) is 0 Å². The molecule has 5 heteroatoms. The van der Waals surface area contributed by atoms with Crippen LogP contribution in [-0.2, 0) is 13.6 Å². The molecule has 2 N–H and O–H groups in total. The highest BCUT2D eigenvalue weighted by molar-refractivity contribution is 5.92. The maximum absolute atomic E-state index is 11.9. The van der Waals surface area contributed by atoms with Crippen molar-refractivity contribution in [1.82, 2.24) is 15.1 Å². The summed E-state index contributed by atoms with van der Waals surface area (Å²) >= 11 is 0. The van der Waals surface area contributed by atoms with Crippen LogP contribution in [0, 0.1) is 6.92 Å². The molecule has 0 aliphatic heterocycles. The monoisotopic (exact) mass is 245 g/mol. The number of rotatable bonds is 3. The summed E-state index contributed by atoms with van der Waals surface area (Å²) in [6.45, 7) is 2.26. The summed E-state index contributed by atoms with van der Waals surface area (Å²) in [7, 11) is 1.74. The van der Waals surface area contributed by atoms with E-state index in [1.165, 1.54) is 0 Å². The number of hydrogen-bond donors (Lipinski definition) is 2. The van der Waals surface area contributed by atoms with E-state index in [0.717, 1.165) is 11.3 Å². The van der Waals surface area contributed by atoms with E-state index < -0.39 is 0 Å². The standard InChI is InChI=1S/C13H15N3O2/c1-9-7-12(16(2)15-9)13(18)14-8-10-3-5-11(17)6-4-10/h3-7,17H,8H2,1-2H3,(H,14,18). The largest absolute Gasteiger partial charge is 0.508 e. The van der Waals surface area contributed by atoms with Gasteiger partial charge >= 0.3 is 0 Å². The van der Waals surface area contributed by atoms with Crippen molar-refractivity contribution in [2.24, 2.45) is 7.05 Å². The minimum Gasteiger partial charge on any atom is -0.508 e. The molecule has 2 rings (SSSR count). The first-order chi connectivity index (χ1) is 8.56. The van der Waals surface area contributed by atoms with E-state index >= 15 is 0 Å². The van der Waals surface area contributed by atoms with Crippen LogP contribution in [0.25, 0.3) is 0 Å². The van der Waals surface area contributed by atoms with Crippen molar-refractivity contribution >= 4 is 5.91 Å². The lowest BCUT2D eigenvalue weighted by Gasteiger charge is -2.05. The Morgan fingerprint density at radius 2 is 2.06 bits per heavy atom. The van der Waals surface area contributed by atoms with Crippen LogP contribution in [0.3, 0.4) is 0 Å². The maximum Gasteiger partial charge on any atom is 0.269 e. The number of carbonyl (C=O) groups excluding carboxylic acids is 1. The zero-order valence-electron chi connectivity index (χ0n) is 10.3. The fourth-order valence-electron chi connectivity index (χ4n) is 1.71. The van der Waals surface area contributed by atoms with E-state index in [1.807, 2.05) is 6.92 Å². The highest BCUT2D eigenvalue weighted by atomic mass is 16.3. The minimum absolute atomic E-state index is 0.161. The Kier molecular flexibility index (Phi) is 3.32. The number of phenolic OH excluding ortho intramolecular Hbond substituents is 1. The molecule has 0 saturated heterocycles. The third-order valence-corrected chi connectivity index (χ3v) is 2.62. The van der Waals surface area contributed by atoms with Crippen LogP contribution in [0.1, 0.15) is 21.7 Å². The Bertz CT molecular complexity index is 558. The average molecular weight is 245 g/mol. The second kappa shape index (κ2) is 4.91. The van der Waals surface area contributed by atoms with Crippen LogP contribution < -0.4 is 5.32 Å². The van der Waals surface area contributed by atoms with Crippen LogP contribution >= 0.6 is 0 Å². The molecule has 0 fully saturated rings. The number of nitrogens with one attached hydrogen (secondary N) is 1. The van der Waals surface area contributed by atoms with Crippen molar-refractivity contribution in [2.45, 2.75) is 13.5 Å².